The van der Waals surface area contributed by atoms with Crippen LogP contribution in [0, 0.1) is 12.7 Å². The first kappa shape index (κ1) is 20.4. The summed E-state index contributed by atoms with van der Waals surface area (Å²) in [6, 6.07) is 7.11. The van der Waals surface area contributed by atoms with Gasteiger partial charge in [-0.2, -0.15) is 0 Å². The van der Waals surface area contributed by atoms with Crippen molar-refractivity contribution >= 4 is 22.6 Å². The first-order valence-corrected chi connectivity index (χ1v) is 10.6. The Balaban J connectivity index is 1.33. The van der Waals surface area contributed by atoms with E-state index >= 15 is 0 Å². The van der Waals surface area contributed by atoms with Crippen molar-refractivity contribution in [3.8, 4) is 5.75 Å². The van der Waals surface area contributed by atoms with Crippen LogP contribution in [-0.2, 0) is 6.54 Å². The Labute approximate surface area is 184 Å². The number of halogens is 1. The van der Waals surface area contributed by atoms with Gasteiger partial charge in [0.2, 0.25) is 0 Å². The van der Waals surface area contributed by atoms with E-state index in [1.54, 1.807) is 19.1 Å². The van der Waals surface area contributed by atoms with Crippen LogP contribution in [0.2, 0.25) is 0 Å². The third kappa shape index (κ3) is 3.48. The van der Waals surface area contributed by atoms with Gasteiger partial charge in [-0.1, -0.05) is 0 Å². The number of aromatic amines is 1. The van der Waals surface area contributed by atoms with Gasteiger partial charge in [0, 0.05) is 45.0 Å². The number of fused-ring (bicyclic) bond motifs is 4. The molecule has 4 heterocycles. The predicted octanol–water partition coefficient (Wildman–Crippen LogP) is 1.81. The van der Waals surface area contributed by atoms with Crippen LogP contribution >= 0.6 is 0 Å². The SMILES string of the molecule is CNC(=O)c1ccc2c(c1F)OC[C@@H]1CN(Cc3cnc4cc(C)c(=O)[nH]c4c3)CCN21. The summed E-state index contributed by atoms with van der Waals surface area (Å²) in [5.41, 5.74) is 3.73. The number of hydrogen-bond donors (Lipinski definition) is 2. The molecule has 166 valence electrons. The van der Waals surface area contributed by atoms with Crippen LogP contribution in [0.4, 0.5) is 10.1 Å². The smallest absolute Gasteiger partial charge is 0.254 e. The highest BCUT2D eigenvalue weighted by molar-refractivity contribution is 5.95. The van der Waals surface area contributed by atoms with Gasteiger partial charge in [0.15, 0.2) is 11.6 Å². The summed E-state index contributed by atoms with van der Waals surface area (Å²) in [7, 11) is 1.47. The van der Waals surface area contributed by atoms with E-state index in [-0.39, 0.29) is 22.9 Å². The molecule has 8 nitrogen and oxygen atoms in total. The molecule has 2 N–H and O–H groups in total. The zero-order chi connectivity index (χ0) is 22.4. The number of ether oxygens (including phenoxy) is 1. The molecule has 0 saturated carbocycles. The molecule has 1 aromatic carbocycles. The lowest BCUT2D eigenvalue weighted by molar-refractivity contribution is 0.0957. The zero-order valence-corrected chi connectivity index (χ0v) is 17.9. The van der Waals surface area contributed by atoms with Crippen molar-refractivity contribution in [2.24, 2.45) is 0 Å². The Morgan fingerprint density at radius 3 is 3.00 bits per heavy atom. The average Bonchev–Trinajstić information content (AvgIpc) is 2.79. The van der Waals surface area contributed by atoms with E-state index in [1.807, 2.05) is 12.3 Å². The van der Waals surface area contributed by atoms with Gasteiger partial charge in [-0.15, -0.1) is 0 Å². The second-order valence-electron chi connectivity index (χ2n) is 8.31. The summed E-state index contributed by atoms with van der Waals surface area (Å²) in [5.74, 6) is -0.940. The van der Waals surface area contributed by atoms with Gasteiger partial charge >= 0.3 is 0 Å². The van der Waals surface area contributed by atoms with Crippen molar-refractivity contribution in [3.63, 3.8) is 0 Å². The van der Waals surface area contributed by atoms with E-state index in [0.29, 0.717) is 24.4 Å². The lowest BCUT2D eigenvalue weighted by Crippen LogP contribution is -2.57. The topological polar surface area (TPSA) is 90.6 Å². The van der Waals surface area contributed by atoms with Crippen molar-refractivity contribution in [2.75, 3.05) is 38.2 Å². The zero-order valence-electron chi connectivity index (χ0n) is 17.9. The molecule has 2 aliphatic heterocycles. The lowest BCUT2D eigenvalue weighted by Gasteiger charge is -2.45. The van der Waals surface area contributed by atoms with Crippen molar-refractivity contribution in [2.45, 2.75) is 19.5 Å². The number of nitrogens with zero attached hydrogens (tertiary/aromatic N) is 3. The Hall–Kier alpha value is -3.46. The number of aryl methyl sites for hydroxylation is 1. The van der Waals surface area contributed by atoms with Gasteiger partial charge in [0.05, 0.1) is 28.3 Å². The van der Waals surface area contributed by atoms with E-state index in [9.17, 15) is 14.0 Å². The van der Waals surface area contributed by atoms with Crippen molar-refractivity contribution in [1.82, 2.24) is 20.2 Å². The van der Waals surface area contributed by atoms with Gasteiger partial charge < -0.3 is 19.9 Å². The number of nitrogens with one attached hydrogen (secondary N) is 2. The predicted molar refractivity (Wildman–Crippen MR) is 119 cm³/mol. The quantitative estimate of drug-likeness (QED) is 0.650. The summed E-state index contributed by atoms with van der Waals surface area (Å²) in [4.78, 5) is 35.7. The highest BCUT2D eigenvalue weighted by Gasteiger charge is 2.35. The summed E-state index contributed by atoms with van der Waals surface area (Å²) in [5, 5.41) is 2.45. The number of aromatic nitrogens is 2. The van der Waals surface area contributed by atoms with Crippen LogP contribution in [0.25, 0.3) is 11.0 Å². The average molecular weight is 437 g/mol. The third-order valence-corrected chi connectivity index (χ3v) is 6.19. The van der Waals surface area contributed by atoms with Crippen LogP contribution in [-0.4, -0.2) is 60.1 Å². The van der Waals surface area contributed by atoms with Gasteiger partial charge in [0.25, 0.3) is 11.5 Å². The lowest BCUT2D eigenvalue weighted by atomic mass is 10.0. The minimum atomic E-state index is -0.616. The third-order valence-electron chi connectivity index (χ3n) is 6.19. The normalized spacial score (nSPS) is 18.1. The van der Waals surface area contributed by atoms with Gasteiger partial charge in [-0.05, 0) is 36.8 Å². The molecule has 2 aliphatic rings. The maximum atomic E-state index is 14.8. The fraction of sp³-hybridized carbons (Fsp3) is 0.348. The number of pyridine rings is 2. The molecule has 0 spiro atoms. The van der Waals surface area contributed by atoms with Gasteiger partial charge in [-0.3, -0.25) is 19.5 Å². The molecular formula is C23H24FN5O3. The first-order chi connectivity index (χ1) is 15.4. The van der Waals surface area contributed by atoms with E-state index < -0.39 is 11.7 Å². The number of H-pyrrole nitrogens is 1. The molecule has 3 aromatic rings. The molecule has 2 aromatic heterocycles. The van der Waals surface area contributed by atoms with E-state index in [0.717, 1.165) is 36.2 Å². The second kappa shape index (κ2) is 7.90. The summed E-state index contributed by atoms with van der Waals surface area (Å²) >= 11 is 0. The standard InChI is InChI=1S/C23H24FN5O3/c1-13-7-17-18(27-22(13)30)8-14(9-26-17)10-28-5-6-29-15(11-28)12-32-21-19(29)4-3-16(20(21)24)23(31)25-2/h3-4,7-9,15H,5-6,10-12H2,1-2H3,(H,25,31)(H,27,30)/t15-/m0/s1. The Morgan fingerprint density at radius 1 is 1.34 bits per heavy atom. The van der Waals surface area contributed by atoms with Crippen LogP contribution in [0.5, 0.6) is 5.75 Å². The number of amides is 1. The summed E-state index contributed by atoms with van der Waals surface area (Å²) in [6.45, 7) is 5.07. The largest absolute Gasteiger partial charge is 0.486 e. The Kier molecular flexibility index (Phi) is 5.05. The highest BCUT2D eigenvalue weighted by Crippen LogP contribution is 2.38. The molecule has 1 amide bonds. The Bertz CT molecular complexity index is 1270. The fourth-order valence-electron chi connectivity index (χ4n) is 4.49. The number of carbonyl (C=O) groups excluding carboxylic acids is 1. The number of piperazine rings is 1. The number of hydrogen-bond acceptors (Lipinski definition) is 6. The highest BCUT2D eigenvalue weighted by atomic mass is 19.1. The first-order valence-electron chi connectivity index (χ1n) is 10.6. The molecule has 0 bridgehead atoms. The minimum absolute atomic E-state index is 0.0135. The second-order valence-corrected chi connectivity index (χ2v) is 8.31. The molecule has 1 fully saturated rings. The van der Waals surface area contributed by atoms with Crippen molar-refractivity contribution in [3.05, 3.63) is 63.3 Å². The monoisotopic (exact) mass is 437 g/mol. The van der Waals surface area contributed by atoms with Gasteiger partial charge in [0.1, 0.15) is 6.61 Å². The molecule has 0 unspecified atom stereocenters. The van der Waals surface area contributed by atoms with Gasteiger partial charge in [-0.25, -0.2) is 4.39 Å². The number of anilines is 1. The molecule has 32 heavy (non-hydrogen) atoms. The maximum absolute atomic E-state index is 14.8. The molecule has 0 radical (unpaired) electrons. The van der Waals surface area contributed by atoms with E-state index in [4.69, 9.17) is 4.74 Å². The van der Waals surface area contributed by atoms with Crippen molar-refractivity contribution < 1.29 is 13.9 Å². The number of carbonyl (C=O) groups is 1. The summed E-state index contributed by atoms with van der Waals surface area (Å²) < 4.78 is 20.6. The molecule has 1 saturated heterocycles. The van der Waals surface area contributed by atoms with Crippen LogP contribution in [0.1, 0.15) is 21.5 Å². The van der Waals surface area contributed by atoms with Crippen molar-refractivity contribution in [1.29, 1.82) is 0 Å². The van der Waals surface area contributed by atoms with Crippen LogP contribution in [0.15, 0.2) is 35.3 Å². The Morgan fingerprint density at radius 2 is 2.19 bits per heavy atom. The molecule has 5 rings (SSSR count). The van der Waals surface area contributed by atoms with E-state index in [1.165, 1.54) is 13.1 Å². The minimum Gasteiger partial charge on any atom is -0.486 e. The summed E-state index contributed by atoms with van der Waals surface area (Å²) in [6.07, 6.45) is 1.84. The van der Waals surface area contributed by atoms with E-state index in [2.05, 4.69) is 25.1 Å². The number of rotatable bonds is 3. The van der Waals surface area contributed by atoms with Crippen LogP contribution in [0.3, 0.4) is 0 Å². The van der Waals surface area contributed by atoms with Crippen LogP contribution < -0.4 is 20.5 Å². The molecule has 9 heteroatoms. The molecule has 1 atom stereocenters. The number of benzene rings is 1. The maximum Gasteiger partial charge on any atom is 0.254 e. The molecular weight excluding hydrogens is 413 g/mol. The molecule has 0 aliphatic carbocycles. The fourth-order valence-corrected chi connectivity index (χ4v) is 4.49.